The molecule has 0 aromatic carbocycles. The second kappa shape index (κ2) is 7.99. The number of likely N-dealkylation sites (tertiary alicyclic amines) is 1. The highest BCUT2D eigenvalue weighted by Crippen LogP contribution is 2.23. The van der Waals surface area contributed by atoms with Crippen LogP contribution >= 0.6 is 15.9 Å². The lowest BCUT2D eigenvalue weighted by atomic mass is 10.1. The quantitative estimate of drug-likeness (QED) is 0.560. The van der Waals surface area contributed by atoms with Crippen molar-refractivity contribution in [1.82, 2.24) is 24.5 Å². The number of aryl methyl sites for hydroxylation is 1. The lowest BCUT2D eigenvalue weighted by Gasteiger charge is -2.27. The normalized spacial score (nSPS) is 17.7. The van der Waals surface area contributed by atoms with Crippen molar-refractivity contribution < 1.29 is 4.79 Å². The zero-order chi connectivity index (χ0) is 19.7. The van der Waals surface area contributed by atoms with Gasteiger partial charge in [0.25, 0.3) is 5.91 Å². The van der Waals surface area contributed by atoms with Gasteiger partial charge in [-0.05, 0) is 60.3 Å². The number of halogens is 1. The van der Waals surface area contributed by atoms with E-state index in [1.165, 1.54) is 12.8 Å². The van der Waals surface area contributed by atoms with Gasteiger partial charge in [-0.25, -0.2) is 14.5 Å². The van der Waals surface area contributed by atoms with Gasteiger partial charge in [-0.3, -0.25) is 4.79 Å². The van der Waals surface area contributed by atoms with Crippen molar-refractivity contribution in [2.24, 2.45) is 0 Å². The molecular formula is C21H24BrN5O. The molecule has 0 saturated carbocycles. The van der Waals surface area contributed by atoms with Crippen LogP contribution in [0.5, 0.6) is 0 Å². The summed E-state index contributed by atoms with van der Waals surface area (Å²) in [6.07, 6.45) is 7.05. The smallest absolute Gasteiger partial charge is 0.272 e. The first kappa shape index (κ1) is 19.1. The van der Waals surface area contributed by atoms with Crippen LogP contribution in [0.4, 0.5) is 0 Å². The van der Waals surface area contributed by atoms with Crippen LogP contribution < -0.4 is 0 Å². The SMILES string of the molecule is CCc1cc(C(=O)N2CCCCCC2C)nc2cc(-c3ccc(Br)nc3)nn12. The molecule has 0 radical (unpaired) electrons. The molecule has 1 saturated heterocycles. The van der Waals surface area contributed by atoms with Crippen LogP contribution in [-0.2, 0) is 6.42 Å². The Morgan fingerprint density at radius 1 is 1.25 bits per heavy atom. The van der Waals surface area contributed by atoms with E-state index < -0.39 is 0 Å². The Labute approximate surface area is 173 Å². The monoisotopic (exact) mass is 441 g/mol. The Morgan fingerprint density at radius 3 is 2.86 bits per heavy atom. The predicted molar refractivity (Wildman–Crippen MR) is 112 cm³/mol. The number of nitrogens with zero attached hydrogens (tertiary/aromatic N) is 5. The van der Waals surface area contributed by atoms with Gasteiger partial charge >= 0.3 is 0 Å². The standard InChI is InChI=1S/C21H24BrN5O/c1-3-16-11-18(21(28)26-10-6-4-5-7-14(26)2)24-20-12-17(25-27(16)20)15-8-9-19(22)23-13-15/h8-9,11-14H,3-7,10H2,1-2H3. The van der Waals surface area contributed by atoms with Crippen molar-refractivity contribution in [1.29, 1.82) is 0 Å². The van der Waals surface area contributed by atoms with Crippen LogP contribution in [0.25, 0.3) is 16.9 Å². The topological polar surface area (TPSA) is 63.4 Å². The van der Waals surface area contributed by atoms with Crippen LogP contribution in [-0.4, -0.2) is 43.0 Å². The van der Waals surface area contributed by atoms with E-state index in [4.69, 9.17) is 5.10 Å². The van der Waals surface area contributed by atoms with Gasteiger partial charge in [0.05, 0.1) is 5.69 Å². The highest BCUT2D eigenvalue weighted by molar-refractivity contribution is 9.10. The van der Waals surface area contributed by atoms with E-state index in [0.29, 0.717) is 11.3 Å². The van der Waals surface area contributed by atoms with Crippen LogP contribution in [0.1, 0.15) is 55.7 Å². The molecule has 1 unspecified atom stereocenters. The fourth-order valence-electron chi connectivity index (χ4n) is 3.79. The Kier molecular flexibility index (Phi) is 5.44. The molecule has 6 nitrogen and oxygen atoms in total. The van der Waals surface area contributed by atoms with E-state index in [0.717, 1.165) is 47.4 Å². The second-order valence-corrected chi connectivity index (χ2v) is 8.16. The number of hydrogen-bond donors (Lipinski definition) is 0. The minimum Gasteiger partial charge on any atom is -0.335 e. The maximum absolute atomic E-state index is 13.2. The molecule has 0 bridgehead atoms. The van der Waals surface area contributed by atoms with Gasteiger partial charge in [-0.1, -0.05) is 19.8 Å². The molecule has 0 aliphatic carbocycles. The number of hydrogen-bond acceptors (Lipinski definition) is 4. The molecule has 4 rings (SSSR count). The summed E-state index contributed by atoms with van der Waals surface area (Å²) >= 11 is 3.36. The Morgan fingerprint density at radius 2 is 2.11 bits per heavy atom. The van der Waals surface area contributed by atoms with Crippen molar-refractivity contribution >= 4 is 27.5 Å². The van der Waals surface area contributed by atoms with Crippen LogP contribution in [0.3, 0.4) is 0 Å². The summed E-state index contributed by atoms with van der Waals surface area (Å²) in [6.45, 7) is 5.02. The van der Waals surface area contributed by atoms with E-state index in [1.807, 2.05) is 33.7 Å². The van der Waals surface area contributed by atoms with Crippen LogP contribution in [0, 0.1) is 0 Å². The highest BCUT2D eigenvalue weighted by Gasteiger charge is 2.25. The van der Waals surface area contributed by atoms with Gasteiger partial charge < -0.3 is 4.90 Å². The third-order valence-electron chi connectivity index (χ3n) is 5.42. The van der Waals surface area contributed by atoms with Gasteiger partial charge in [0.1, 0.15) is 10.3 Å². The minimum absolute atomic E-state index is 0.0275. The van der Waals surface area contributed by atoms with Crippen molar-refractivity contribution in [3.05, 3.63) is 46.5 Å². The maximum atomic E-state index is 13.2. The number of fused-ring (bicyclic) bond motifs is 1. The third kappa shape index (κ3) is 3.68. The summed E-state index contributed by atoms with van der Waals surface area (Å²) in [5, 5.41) is 4.70. The molecule has 7 heteroatoms. The summed E-state index contributed by atoms with van der Waals surface area (Å²) < 4.78 is 2.62. The average Bonchev–Trinajstić information content (AvgIpc) is 3.02. The number of amides is 1. The molecular weight excluding hydrogens is 418 g/mol. The van der Waals surface area contributed by atoms with Gasteiger partial charge in [0.15, 0.2) is 5.65 Å². The molecule has 146 valence electrons. The van der Waals surface area contributed by atoms with Crippen LogP contribution in [0.15, 0.2) is 35.1 Å². The number of pyridine rings is 1. The molecule has 1 amide bonds. The Balaban J connectivity index is 1.73. The lowest BCUT2D eigenvalue weighted by molar-refractivity contribution is 0.0692. The maximum Gasteiger partial charge on any atom is 0.272 e. The number of carbonyl (C=O) groups excluding carboxylic acids is 1. The summed E-state index contributed by atoms with van der Waals surface area (Å²) in [5.74, 6) is 0.0275. The highest BCUT2D eigenvalue weighted by atomic mass is 79.9. The first-order valence-electron chi connectivity index (χ1n) is 9.89. The molecule has 1 aliphatic rings. The number of rotatable bonds is 3. The molecule has 0 N–H and O–H groups in total. The first-order valence-corrected chi connectivity index (χ1v) is 10.7. The summed E-state index contributed by atoms with van der Waals surface area (Å²) in [5.41, 5.74) is 3.91. The van der Waals surface area contributed by atoms with E-state index in [2.05, 4.69) is 39.7 Å². The van der Waals surface area contributed by atoms with Crippen LogP contribution in [0.2, 0.25) is 0 Å². The molecule has 3 aromatic heterocycles. The van der Waals surface area contributed by atoms with Gasteiger partial charge in [-0.2, -0.15) is 5.10 Å². The fraction of sp³-hybridized carbons (Fsp3) is 0.429. The van der Waals surface area contributed by atoms with E-state index in [9.17, 15) is 4.79 Å². The predicted octanol–water partition coefficient (Wildman–Crippen LogP) is 4.52. The lowest BCUT2D eigenvalue weighted by Crippen LogP contribution is -2.38. The Hall–Kier alpha value is -2.28. The minimum atomic E-state index is 0.0275. The summed E-state index contributed by atoms with van der Waals surface area (Å²) in [6, 6.07) is 7.93. The molecule has 28 heavy (non-hydrogen) atoms. The molecule has 4 heterocycles. The Bertz CT molecular complexity index is 998. The molecule has 1 fully saturated rings. The van der Waals surface area contributed by atoms with Gasteiger partial charge in [-0.15, -0.1) is 0 Å². The zero-order valence-electron chi connectivity index (χ0n) is 16.2. The summed E-state index contributed by atoms with van der Waals surface area (Å²) in [4.78, 5) is 24.1. The van der Waals surface area contributed by atoms with Crippen molar-refractivity contribution in [2.45, 2.75) is 52.0 Å². The first-order chi connectivity index (χ1) is 13.6. The largest absolute Gasteiger partial charge is 0.335 e. The number of carbonyl (C=O) groups is 1. The third-order valence-corrected chi connectivity index (χ3v) is 5.89. The molecule has 3 aromatic rings. The molecule has 0 spiro atoms. The number of aromatic nitrogens is 4. The average molecular weight is 442 g/mol. The zero-order valence-corrected chi connectivity index (χ0v) is 17.8. The van der Waals surface area contributed by atoms with E-state index in [1.54, 1.807) is 6.20 Å². The second-order valence-electron chi connectivity index (χ2n) is 7.35. The van der Waals surface area contributed by atoms with Crippen molar-refractivity contribution in [3.63, 3.8) is 0 Å². The van der Waals surface area contributed by atoms with E-state index in [-0.39, 0.29) is 11.9 Å². The van der Waals surface area contributed by atoms with Crippen molar-refractivity contribution in [3.8, 4) is 11.3 Å². The summed E-state index contributed by atoms with van der Waals surface area (Å²) in [7, 11) is 0. The molecule has 1 aliphatic heterocycles. The fourth-order valence-corrected chi connectivity index (χ4v) is 4.02. The molecule has 1 atom stereocenters. The van der Waals surface area contributed by atoms with Gasteiger partial charge in [0, 0.05) is 36.1 Å². The van der Waals surface area contributed by atoms with Crippen molar-refractivity contribution in [2.75, 3.05) is 6.54 Å². The van der Waals surface area contributed by atoms with Gasteiger partial charge in [0.2, 0.25) is 0 Å². The van der Waals surface area contributed by atoms with E-state index >= 15 is 0 Å².